The number of hydrogen-bond donors (Lipinski definition) is 2. The quantitative estimate of drug-likeness (QED) is 0.799. The van der Waals surface area contributed by atoms with Gasteiger partial charge in [0, 0.05) is 17.0 Å². The van der Waals surface area contributed by atoms with Crippen molar-refractivity contribution in [2.24, 2.45) is 0 Å². The first-order valence-corrected chi connectivity index (χ1v) is 9.95. The van der Waals surface area contributed by atoms with Crippen LogP contribution in [0.2, 0.25) is 5.02 Å². The predicted octanol–water partition coefficient (Wildman–Crippen LogP) is 3.41. The van der Waals surface area contributed by atoms with Crippen LogP contribution in [-0.2, 0) is 21.7 Å². The lowest BCUT2D eigenvalue weighted by molar-refractivity contribution is -0.291. The monoisotopic (exact) mass is 404 g/mol. The first kappa shape index (κ1) is 19.7. The number of ether oxygens (including phenoxy) is 3. The normalized spacial score (nSPS) is 31.8. The van der Waals surface area contributed by atoms with Crippen molar-refractivity contribution in [3.05, 3.63) is 64.2 Å². The summed E-state index contributed by atoms with van der Waals surface area (Å²) < 4.78 is 17.5. The second-order valence-electron chi connectivity index (χ2n) is 7.70. The van der Waals surface area contributed by atoms with Gasteiger partial charge in [0.05, 0.1) is 19.3 Å². The summed E-state index contributed by atoms with van der Waals surface area (Å²) in [5.41, 5.74) is 1.89. The van der Waals surface area contributed by atoms with E-state index in [4.69, 9.17) is 25.8 Å². The van der Waals surface area contributed by atoms with Crippen LogP contribution in [-0.4, -0.2) is 41.2 Å². The first-order valence-electron chi connectivity index (χ1n) is 9.57. The zero-order chi connectivity index (χ0) is 19.9. The van der Waals surface area contributed by atoms with Crippen molar-refractivity contribution in [2.45, 2.75) is 50.3 Å². The molecule has 28 heavy (non-hydrogen) atoms. The Hall–Kier alpha value is -1.63. The number of fused-ring (bicyclic) bond motifs is 2. The van der Waals surface area contributed by atoms with Crippen molar-refractivity contribution in [3.63, 3.8) is 0 Å². The van der Waals surface area contributed by atoms with E-state index >= 15 is 0 Å². The standard InChI is InChI=1S/C22H25ClO5/c1-3-26-17-7-4-14(5-8-17)10-15-11-16(6-9-18(15)23)22-20(25)12-19(24)21(2,28-22)13-27-22/h4-9,11,19-20,24-25H,3,10,12-13H2,1-2H3/t19-,20+,21-,22-/m0/s1. The maximum Gasteiger partial charge on any atom is 0.222 e. The van der Waals surface area contributed by atoms with E-state index in [1.807, 2.05) is 50.2 Å². The Morgan fingerprint density at radius 2 is 1.89 bits per heavy atom. The summed E-state index contributed by atoms with van der Waals surface area (Å²) in [6, 6.07) is 13.4. The van der Waals surface area contributed by atoms with E-state index in [0.717, 1.165) is 16.9 Å². The van der Waals surface area contributed by atoms with Crippen LogP contribution in [0, 0.1) is 0 Å². The summed E-state index contributed by atoms with van der Waals surface area (Å²) in [5.74, 6) is -0.438. The van der Waals surface area contributed by atoms with Gasteiger partial charge in [0.25, 0.3) is 0 Å². The minimum atomic E-state index is -1.27. The largest absolute Gasteiger partial charge is 0.494 e. The van der Waals surface area contributed by atoms with E-state index in [0.29, 0.717) is 23.6 Å². The SMILES string of the molecule is CCOc1ccc(Cc2cc([C@]34OC[C@](C)(O3)[C@@H](O)C[C@H]4O)ccc2Cl)cc1. The molecule has 0 amide bonds. The average molecular weight is 405 g/mol. The van der Waals surface area contributed by atoms with Crippen LogP contribution in [0.3, 0.4) is 0 Å². The molecule has 2 bridgehead atoms. The molecule has 0 saturated carbocycles. The Kier molecular flexibility index (Phi) is 5.14. The van der Waals surface area contributed by atoms with Crippen LogP contribution in [0.5, 0.6) is 5.75 Å². The summed E-state index contributed by atoms with van der Waals surface area (Å²) in [6.07, 6.45) is -0.898. The highest BCUT2D eigenvalue weighted by Crippen LogP contribution is 2.49. The molecule has 4 rings (SSSR count). The fraction of sp³-hybridized carbons (Fsp3) is 0.455. The molecule has 2 aliphatic heterocycles. The summed E-state index contributed by atoms with van der Waals surface area (Å²) in [5, 5.41) is 21.5. The van der Waals surface area contributed by atoms with Crippen LogP contribution in [0.25, 0.3) is 0 Å². The van der Waals surface area contributed by atoms with E-state index in [9.17, 15) is 10.2 Å². The molecule has 6 heteroatoms. The minimum absolute atomic E-state index is 0.202. The van der Waals surface area contributed by atoms with Gasteiger partial charge in [-0.15, -0.1) is 0 Å². The molecule has 0 aromatic heterocycles. The van der Waals surface area contributed by atoms with Crippen molar-refractivity contribution < 1.29 is 24.4 Å². The molecule has 2 fully saturated rings. The van der Waals surface area contributed by atoms with Gasteiger partial charge in [-0.2, -0.15) is 0 Å². The minimum Gasteiger partial charge on any atom is -0.494 e. The van der Waals surface area contributed by atoms with Crippen LogP contribution in [0.1, 0.15) is 37.0 Å². The van der Waals surface area contributed by atoms with E-state index in [1.165, 1.54) is 0 Å². The molecule has 0 aliphatic carbocycles. The second-order valence-corrected chi connectivity index (χ2v) is 8.11. The van der Waals surface area contributed by atoms with Crippen LogP contribution in [0.15, 0.2) is 42.5 Å². The van der Waals surface area contributed by atoms with Gasteiger partial charge in [-0.1, -0.05) is 29.8 Å². The highest BCUT2D eigenvalue weighted by Gasteiger charge is 2.61. The van der Waals surface area contributed by atoms with Gasteiger partial charge >= 0.3 is 0 Å². The topological polar surface area (TPSA) is 68.2 Å². The lowest BCUT2D eigenvalue weighted by atomic mass is 9.86. The maximum absolute atomic E-state index is 10.7. The number of benzene rings is 2. The van der Waals surface area contributed by atoms with Crippen LogP contribution in [0.4, 0.5) is 0 Å². The highest BCUT2D eigenvalue weighted by atomic mass is 35.5. The summed E-state index contributed by atoms with van der Waals surface area (Å²) in [6.45, 7) is 4.62. The number of hydrogen-bond acceptors (Lipinski definition) is 5. The molecule has 2 aliphatic rings. The Labute approximate surface area is 169 Å². The van der Waals surface area contributed by atoms with E-state index in [2.05, 4.69) is 0 Å². The Bertz CT molecular complexity index is 855. The van der Waals surface area contributed by atoms with Crippen LogP contribution >= 0.6 is 11.6 Å². The molecule has 2 aromatic carbocycles. The fourth-order valence-corrected chi connectivity index (χ4v) is 4.14. The molecule has 0 spiro atoms. The third-order valence-corrected chi connectivity index (χ3v) is 5.99. The predicted molar refractivity (Wildman–Crippen MR) is 106 cm³/mol. The molecule has 150 valence electrons. The molecule has 5 nitrogen and oxygen atoms in total. The van der Waals surface area contributed by atoms with Crippen LogP contribution < -0.4 is 4.74 Å². The third kappa shape index (κ3) is 3.31. The average Bonchev–Trinajstić information content (AvgIpc) is 3.01. The Morgan fingerprint density at radius 3 is 2.61 bits per heavy atom. The van der Waals surface area contributed by atoms with Gasteiger partial charge in [-0.25, -0.2) is 0 Å². The van der Waals surface area contributed by atoms with E-state index < -0.39 is 23.6 Å². The summed E-state index contributed by atoms with van der Waals surface area (Å²) in [7, 11) is 0. The summed E-state index contributed by atoms with van der Waals surface area (Å²) >= 11 is 6.44. The number of rotatable bonds is 5. The van der Waals surface area contributed by atoms with Crippen molar-refractivity contribution in [1.29, 1.82) is 0 Å². The number of aliphatic hydroxyl groups excluding tert-OH is 2. The van der Waals surface area contributed by atoms with Gasteiger partial charge in [-0.05, 0) is 55.7 Å². The zero-order valence-electron chi connectivity index (χ0n) is 16.0. The van der Waals surface area contributed by atoms with Crippen molar-refractivity contribution in [3.8, 4) is 5.75 Å². The molecule has 4 atom stereocenters. The molecular weight excluding hydrogens is 380 g/mol. The van der Waals surface area contributed by atoms with E-state index in [-0.39, 0.29) is 13.0 Å². The van der Waals surface area contributed by atoms with Gasteiger partial charge in [-0.3, -0.25) is 0 Å². The molecule has 2 aromatic rings. The molecule has 0 radical (unpaired) electrons. The third-order valence-electron chi connectivity index (χ3n) is 5.63. The maximum atomic E-state index is 10.7. The van der Waals surface area contributed by atoms with Crippen molar-refractivity contribution >= 4 is 11.6 Å². The lowest BCUT2D eigenvalue weighted by Crippen LogP contribution is -2.54. The van der Waals surface area contributed by atoms with E-state index in [1.54, 1.807) is 6.07 Å². The molecule has 0 unspecified atom stereocenters. The van der Waals surface area contributed by atoms with Gasteiger partial charge in [0.2, 0.25) is 5.79 Å². The first-order chi connectivity index (χ1) is 13.4. The van der Waals surface area contributed by atoms with Gasteiger partial charge in [0.1, 0.15) is 17.5 Å². The molecule has 2 N–H and O–H groups in total. The van der Waals surface area contributed by atoms with Gasteiger partial charge < -0.3 is 24.4 Å². The molecule has 2 saturated heterocycles. The number of halogens is 1. The Morgan fingerprint density at radius 1 is 1.14 bits per heavy atom. The lowest BCUT2D eigenvalue weighted by Gasteiger charge is -2.42. The smallest absolute Gasteiger partial charge is 0.222 e. The van der Waals surface area contributed by atoms with Gasteiger partial charge in [0.15, 0.2) is 0 Å². The fourth-order valence-electron chi connectivity index (χ4n) is 3.95. The molecular formula is C22H25ClO5. The zero-order valence-corrected chi connectivity index (χ0v) is 16.8. The Balaban J connectivity index is 1.62. The van der Waals surface area contributed by atoms with Crippen molar-refractivity contribution in [2.75, 3.05) is 13.2 Å². The summed E-state index contributed by atoms with van der Waals surface area (Å²) in [4.78, 5) is 0. The van der Waals surface area contributed by atoms with Crippen molar-refractivity contribution in [1.82, 2.24) is 0 Å². The number of aliphatic hydroxyl groups is 2. The highest BCUT2D eigenvalue weighted by molar-refractivity contribution is 6.31. The molecule has 2 heterocycles. The second kappa shape index (κ2) is 7.32.